The number of phenols is 1. The molecule has 0 heterocycles. The lowest BCUT2D eigenvalue weighted by atomic mass is 10.1. The van der Waals surface area contributed by atoms with Gasteiger partial charge in [-0.1, -0.05) is 78.6 Å². The average molecular weight is 392 g/mol. The van der Waals surface area contributed by atoms with Crippen LogP contribution in [0.2, 0.25) is 0 Å². The molecule has 0 unspecified atom stereocenters. The number of phenolic OH excluding ortho intramolecular Hbond substituents is 1. The highest BCUT2D eigenvalue weighted by molar-refractivity contribution is 5.86. The van der Waals surface area contributed by atoms with Crippen LogP contribution in [0.1, 0.15) is 97.8 Å². The van der Waals surface area contributed by atoms with Crippen molar-refractivity contribution >= 4 is 17.1 Å². The van der Waals surface area contributed by atoms with Crippen molar-refractivity contribution in [3.8, 4) is 5.75 Å². The Bertz CT molecular complexity index is 505. The van der Waals surface area contributed by atoms with Crippen molar-refractivity contribution in [1.29, 1.82) is 0 Å². The van der Waals surface area contributed by atoms with E-state index in [1.165, 1.54) is 64.2 Å². The average Bonchev–Trinajstić information content (AvgIpc) is 2.70. The van der Waals surface area contributed by atoms with E-state index in [0.29, 0.717) is 5.75 Å². The smallest absolute Gasteiger partial charge is 0.140 e. The lowest BCUT2D eigenvalue weighted by Crippen LogP contribution is -2.12. The number of hydrogen-bond donors (Lipinski definition) is 4. The van der Waals surface area contributed by atoms with Crippen molar-refractivity contribution in [3.63, 3.8) is 0 Å². The molecule has 0 fully saturated rings. The van der Waals surface area contributed by atoms with E-state index < -0.39 is 0 Å². The highest BCUT2D eigenvalue weighted by Crippen LogP contribution is 2.38. The molecule has 1 aromatic rings. The molecule has 0 atom stereocenters. The predicted octanol–water partition coefficient (Wildman–Crippen LogP) is 7.37. The van der Waals surface area contributed by atoms with Gasteiger partial charge in [-0.25, -0.2) is 0 Å². The van der Waals surface area contributed by atoms with Gasteiger partial charge in [0, 0.05) is 19.6 Å². The zero-order valence-corrected chi connectivity index (χ0v) is 18.7. The Kier molecular flexibility index (Phi) is 14.3. The molecule has 28 heavy (non-hydrogen) atoms. The first kappa shape index (κ1) is 24.5. The molecule has 0 saturated carbocycles. The summed E-state index contributed by atoms with van der Waals surface area (Å²) in [5.74, 6) is 0.336. The molecule has 0 radical (unpaired) electrons. The second-order valence-corrected chi connectivity index (χ2v) is 7.84. The van der Waals surface area contributed by atoms with Gasteiger partial charge in [0.25, 0.3) is 0 Å². The second-order valence-electron chi connectivity index (χ2n) is 7.84. The maximum Gasteiger partial charge on any atom is 0.140 e. The predicted molar refractivity (Wildman–Crippen MR) is 126 cm³/mol. The molecule has 0 amide bonds. The SMILES string of the molecule is CCCCCCNc1ccc(O)c(NCCCCCC)c1NCCCCCC. The van der Waals surface area contributed by atoms with Gasteiger partial charge in [0.05, 0.1) is 11.4 Å². The normalized spacial score (nSPS) is 10.8. The highest BCUT2D eigenvalue weighted by atomic mass is 16.3. The largest absolute Gasteiger partial charge is 0.506 e. The molecule has 0 aliphatic rings. The zero-order chi connectivity index (χ0) is 20.5. The fraction of sp³-hybridized carbons (Fsp3) is 0.750. The third kappa shape index (κ3) is 10.1. The van der Waals surface area contributed by atoms with Crippen LogP contribution in [0.3, 0.4) is 0 Å². The second kappa shape index (κ2) is 16.4. The molecule has 1 rings (SSSR count). The molecule has 0 aromatic heterocycles. The molecular formula is C24H45N3O. The molecule has 0 spiro atoms. The van der Waals surface area contributed by atoms with E-state index in [2.05, 4.69) is 36.7 Å². The van der Waals surface area contributed by atoms with Crippen molar-refractivity contribution in [3.05, 3.63) is 12.1 Å². The molecule has 4 heteroatoms. The summed E-state index contributed by atoms with van der Waals surface area (Å²) in [7, 11) is 0. The van der Waals surface area contributed by atoms with Gasteiger partial charge in [0.1, 0.15) is 11.4 Å². The van der Waals surface area contributed by atoms with E-state index in [0.717, 1.165) is 49.5 Å². The molecule has 0 bridgehead atoms. The van der Waals surface area contributed by atoms with Crippen LogP contribution in [-0.2, 0) is 0 Å². The van der Waals surface area contributed by atoms with Crippen LogP contribution in [-0.4, -0.2) is 24.7 Å². The third-order valence-corrected chi connectivity index (χ3v) is 5.19. The minimum Gasteiger partial charge on any atom is -0.506 e. The number of rotatable bonds is 18. The number of benzene rings is 1. The molecule has 4 N–H and O–H groups in total. The fourth-order valence-electron chi connectivity index (χ4n) is 3.41. The monoisotopic (exact) mass is 391 g/mol. The zero-order valence-electron chi connectivity index (χ0n) is 18.7. The van der Waals surface area contributed by atoms with Crippen LogP contribution in [0.15, 0.2) is 12.1 Å². The van der Waals surface area contributed by atoms with Crippen LogP contribution in [0.25, 0.3) is 0 Å². The Balaban J connectivity index is 2.73. The Morgan fingerprint density at radius 2 is 1.04 bits per heavy atom. The molecule has 0 aliphatic heterocycles. The maximum absolute atomic E-state index is 10.5. The van der Waals surface area contributed by atoms with Gasteiger partial charge < -0.3 is 21.1 Å². The van der Waals surface area contributed by atoms with Crippen molar-refractivity contribution in [2.75, 3.05) is 35.6 Å². The van der Waals surface area contributed by atoms with Gasteiger partial charge in [-0.2, -0.15) is 0 Å². The Labute approximate surface area is 173 Å². The van der Waals surface area contributed by atoms with Gasteiger partial charge >= 0.3 is 0 Å². The summed E-state index contributed by atoms with van der Waals surface area (Å²) < 4.78 is 0. The van der Waals surface area contributed by atoms with Crippen LogP contribution in [0.4, 0.5) is 17.1 Å². The first-order valence-corrected chi connectivity index (χ1v) is 11.8. The first-order valence-electron chi connectivity index (χ1n) is 11.8. The highest BCUT2D eigenvalue weighted by Gasteiger charge is 2.13. The molecular weight excluding hydrogens is 346 g/mol. The standard InChI is InChI=1S/C24H45N3O/c1-4-7-10-13-18-25-21-16-17-22(28)24(27-20-15-12-9-6-3)23(21)26-19-14-11-8-5-2/h16-17,25-28H,4-15,18-20H2,1-3H3. The molecule has 0 aliphatic carbocycles. The minimum absolute atomic E-state index is 0.336. The quantitative estimate of drug-likeness (QED) is 0.120. The lowest BCUT2D eigenvalue weighted by Gasteiger charge is -2.20. The van der Waals surface area contributed by atoms with Crippen LogP contribution in [0, 0.1) is 0 Å². The van der Waals surface area contributed by atoms with Crippen molar-refractivity contribution < 1.29 is 5.11 Å². The van der Waals surface area contributed by atoms with Gasteiger partial charge in [0.15, 0.2) is 0 Å². The van der Waals surface area contributed by atoms with Crippen LogP contribution < -0.4 is 16.0 Å². The summed E-state index contributed by atoms with van der Waals surface area (Å²) in [6.07, 6.45) is 14.8. The summed E-state index contributed by atoms with van der Waals surface area (Å²) in [4.78, 5) is 0. The summed E-state index contributed by atoms with van der Waals surface area (Å²) >= 11 is 0. The van der Waals surface area contributed by atoms with Crippen molar-refractivity contribution in [1.82, 2.24) is 0 Å². The summed E-state index contributed by atoms with van der Waals surface area (Å²) in [5.41, 5.74) is 2.98. The molecule has 162 valence electrons. The lowest BCUT2D eigenvalue weighted by molar-refractivity contribution is 0.477. The molecule has 4 nitrogen and oxygen atoms in total. The maximum atomic E-state index is 10.5. The number of unbranched alkanes of at least 4 members (excludes halogenated alkanes) is 9. The Hall–Kier alpha value is -1.58. The Morgan fingerprint density at radius 1 is 0.571 bits per heavy atom. The number of aromatic hydroxyl groups is 1. The summed E-state index contributed by atoms with van der Waals surface area (Å²) in [6.45, 7) is 9.54. The van der Waals surface area contributed by atoms with Crippen LogP contribution in [0.5, 0.6) is 5.75 Å². The molecule has 1 aromatic carbocycles. The Morgan fingerprint density at radius 3 is 1.54 bits per heavy atom. The molecule has 0 saturated heterocycles. The van der Waals surface area contributed by atoms with Gasteiger partial charge in [-0.05, 0) is 31.4 Å². The number of nitrogens with one attached hydrogen (secondary N) is 3. The topological polar surface area (TPSA) is 56.3 Å². The number of hydrogen-bond acceptors (Lipinski definition) is 4. The van der Waals surface area contributed by atoms with Gasteiger partial charge in [-0.3, -0.25) is 0 Å². The summed E-state index contributed by atoms with van der Waals surface area (Å²) in [5, 5.41) is 21.2. The summed E-state index contributed by atoms with van der Waals surface area (Å²) in [6, 6.07) is 3.82. The number of anilines is 3. The van der Waals surface area contributed by atoms with E-state index in [9.17, 15) is 5.11 Å². The van der Waals surface area contributed by atoms with Gasteiger partial charge in [0.2, 0.25) is 0 Å². The van der Waals surface area contributed by atoms with Crippen molar-refractivity contribution in [2.45, 2.75) is 97.8 Å². The fourth-order valence-corrected chi connectivity index (χ4v) is 3.41. The van der Waals surface area contributed by atoms with Crippen molar-refractivity contribution in [2.24, 2.45) is 0 Å². The van der Waals surface area contributed by atoms with E-state index >= 15 is 0 Å². The van der Waals surface area contributed by atoms with E-state index in [-0.39, 0.29) is 0 Å². The third-order valence-electron chi connectivity index (χ3n) is 5.19. The first-order chi connectivity index (χ1) is 13.7. The van der Waals surface area contributed by atoms with Crippen LogP contribution >= 0.6 is 0 Å². The van der Waals surface area contributed by atoms with E-state index in [1.54, 1.807) is 0 Å². The van der Waals surface area contributed by atoms with Gasteiger partial charge in [-0.15, -0.1) is 0 Å². The van der Waals surface area contributed by atoms with E-state index in [1.807, 2.05) is 12.1 Å². The minimum atomic E-state index is 0.336. The van der Waals surface area contributed by atoms with E-state index in [4.69, 9.17) is 0 Å².